The molecule has 0 spiro atoms. The van der Waals surface area contributed by atoms with Gasteiger partial charge in [-0.25, -0.2) is 0 Å². The van der Waals surface area contributed by atoms with E-state index >= 15 is 0 Å². The van der Waals surface area contributed by atoms with Gasteiger partial charge >= 0.3 is 0 Å². The fourth-order valence-electron chi connectivity index (χ4n) is 3.07. The van der Waals surface area contributed by atoms with Gasteiger partial charge in [-0.2, -0.15) is 0 Å². The molecule has 0 bridgehead atoms. The summed E-state index contributed by atoms with van der Waals surface area (Å²) in [4.78, 5) is 2.35. The lowest BCUT2D eigenvalue weighted by Crippen LogP contribution is -2.34. The van der Waals surface area contributed by atoms with Crippen LogP contribution in [0.5, 0.6) is 0 Å². The molecule has 1 aliphatic carbocycles. The maximum atomic E-state index is 10.6. The van der Waals surface area contributed by atoms with Gasteiger partial charge in [-0.1, -0.05) is 13.3 Å². The Hall–Kier alpha value is -0.380. The van der Waals surface area contributed by atoms with Gasteiger partial charge in [0.25, 0.3) is 0 Å². The Labute approximate surface area is 108 Å². The van der Waals surface area contributed by atoms with Crippen LogP contribution in [-0.2, 0) is 0 Å². The normalized spacial score (nSPS) is 30.7. The third kappa shape index (κ3) is 2.42. The van der Waals surface area contributed by atoms with Gasteiger partial charge in [-0.3, -0.25) is 0 Å². The van der Waals surface area contributed by atoms with Crippen LogP contribution < -0.4 is 5.73 Å². The molecule has 2 rings (SSSR count). The second kappa shape index (κ2) is 5.09. The smallest absolute Gasteiger partial charge is 0.0950 e. The van der Waals surface area contributed by atoms with Crippen molar-refractivity contribution >= 4 is 11.3 Å². The quantitative estimate of drug-likeness (QED) is 0.865. The van der Waals surface area contributed by atoms with Crippen molar-refractivity contribution in [2.75, 3.05) is 6.54 Å². The lowest BCUT2D eigenvalue weighted by atomic mass is 9.78. The molecule has 0 aliphatic heterocycles. The molecule has 17 heavy (non-hydrogen) atoms. The fraction of sp³-hybridized carbons (Fsp3) is 0.714. The number of nitrogens with two attached hydrogens (primary N) is 1. The molecule has 1 saturated carbocycles. The van der Waals surface area contributed by atoms with Crippen LogP contribution in [0.15, 0.2) is 12.1 Å². The molecule has 1 aliphatic rings. The first-order chi connectivity index (χ1) is 8.11. The van der Waals surface area contributed by atoms with E-state index in [4.69, 9.17) is 5.73 Å². The minimum absolute atomic E-state index is 0.0715. The molecule has 2 nitrogen and oxygen atoms in total. The maximum absolute atomic E-state index is 10.6. The van der Waals surface area contributed by atoms with Crippen LogP contribution in [-0.4, -0.2) is 11.7 Å². The van der Waals surface area contributed by atoms with Crippen molar-refractivity contribution in [3.05, 3.63) is 21.9 Å². The highest BCUT2D eigenvalue weighted by Crippen LogP contribution is 2.51. The van der Waals surface area contributed by atoms with E-state index in [1.165, 1.54) is 17.7 Å². The summed E-state index contributed by atoms with van der Waals surface area (Å²) in [5, 5.41) is 10.6. The van der Waals surface area contributed by atoms with E-state index in [0.717, 1.165) is 23.6 Å². The summed E-state index contributed by atoms with van der Waals surface area (Å²) in [7, 11) is 0. The number of aliphatic hydroxyl groups is 1. The van der Waals surface area contributed by atoms with Crippen LogP contribution >= 0.6 is 11.3 Å². The summed E-state index contributed by atoms with van der Waals surface area (Å²) in [5.74, 6) is 0.745. The first kappa shape index (κ1) is 13.1. The number of rotatable bonds is 4. The maximum Gasteiger partial charge on any atom is 0.0950 e. The molecule has 1 aromatic heterocycles. The van der Waals surface area contributed by atoms with Crippen molar-refractivity contribution in [3.63, 3.8) is 0 Å². The van der Waals surface area contributed by atoms with E-state index < -0.39 is 0 Å². The van der Waals surface area contributed by atoms with E-state index in [0.29, 0.717) is 6.54 Å². The fourth-order valence-corrected chi connectivity index (χ4v) is 4.07. The Balaban J connectivity index is 2.18. The summed E-state index contributed by atoms with van der Waals surface area (Å²) in [6, 6.07) is 4.14. The van der Waals surface area contributed by atoms with Crippen molar-refractivity contribution < 1.29 is 5.11 Å². The highest BCUT2D eigenvalue weighted by atomic mass is 32.1. The Bertz CT molecular complexity index is 376. The van der Waals surface area contributed by atoms with Crippen molar-refractivity contribution in [2.24, 2.45) is 17.1 Å². The van der Waals surface area contributed by atoms with Gasteiger partial charge in [-0.15, -0.1) is 11.3 Å². The van der Waals surface area contributed by atoms with Gasteiger partial charge in [0.15, 0.2) is 0 Å². The van der Waals surface area contributed by atoms with Crippen molar-refractivity contribution in [3.8, 4) is 0 Å². The molecule has 0 aromatic carbocycles. The largest absolute Gasteiger partial charge is 0.387 e. The molecule has 3 heteroatoms. The van der Waals surface area contributed by atoms with Crippen LogP contribution in [0.3, 0.4) is 0 Å². The Kier molecular flexibility index (Phi) is 3.91. The van der Waals surface area contributed by atoms with E-state index in [-0.39, 0.29) is 11.5 Å². The summed E-state index contributed by atoms with van der Waals surface area (Å²) in [6.07, 6.45) is 4.20. The van der Waals surface area contributed by atoms with E-state index in [1.807, 2.05) is 0 Å². The lowest BCUT2D eigenvalue weighted by Gasteiger charge is -2.33. The molecule has 1 heterocycles. The average molecular weight is 253 g/mol. The molecular weight excluding hydrogens is 230 g/mol. The number of aryl methyl sites for hydroxylation is 1. The molecule has 0 radical (unpaired) electrons. The predicted octanol–water partition coefficient (Wildman–Crippen LogP) is 3.25. The van der Waals surface area contributed by atoms with E-state index in [2.05, 4.69) is 26.0 Å². The van der Waals surface area contributed by atoms with Crippen LogP contribution in [0.25, 0.3) is 0 Å². The van der Waals surface area contributed by atoms with Crippen molar-refractivity contribution in [1.82, 2.24) is 0 Å². The van der Waals surface area contributed by atoms with Gasteiger partial charge in [0, 0.05) is 21.7 Å². The second-order valence-electron chi connectivity index (χ2n) is 5.43. The molecule has 3 N–H and O–H groups in total. The van der Waals surface area contributed by atoms with Gasteiger partial charge in [0.1, 0.15) is 0 Å². The number of hydrogen-bond acceptors (Lipinski definition) is 3. The predicted molar refractivity (Wildman–Crippen MR) is 73.1 cm³/mol. The van der Waals surface area contributed by atoms with Gasteiger partial charge in [0.05, 0.1) is 6.10 Å². The Morgan fingerprint density at radius 1 is 1.59 bits per heavy atom. The average Bonchev–Trinajstić information content (AvgIpc) is 2.95. The SMILES string of the molecule is CCC1CCC(CN)(C(O)c2ccc(C)s2)C1. The zero-order valence-corrected chi connectivity index (χ0v) is 11.6. The minimum Gasteiger partial charge on any atom is -0.387 e. The molecule has 0 saturated heterocycles. The topological polar surface area (TPSA) is 46.2 Å². The summed E-state index contributed by atoms with van der Waals surface area (Å²) >= 11 is 1.70. The van der Waals surface area contributed by atoms with Crippen LogP contribution in [0.2, 0.25) is 0 Å². The number of thiophene rings is 1. The lowest BCUT2D eigenvalue weighted by molar-refractivity contribution is 0.0329. The highest BCUT2D eigenvalue weighted by molar-refractivity contribution is 7.12. The van der Waals surface area contributed by atoms with Crippen LogP contribution in [0.1, 0.15) is 48.5 Å². The minimum atomic E-state index is -0.372. The summed E-state index contributed by atoms with van der Waals surface area (Å²) < 4.78 is 0. The molecular formula is C14H23NOS. The third-order valence-corrected chi connectivity index (χ3v) is 5.39. The van der Waals surface area contributed by atoms with Crippen molar-refractivity contribution in [1.29, 1.82) is 0 Å². The Morgan fingerprint density at radius 3 is 2.82 bits per heavy atom. The third-order valence-electron chi connectivity index (χ3n) is 4.34. The first-order valence-electron chi connectivity index (χ1n) is 6.56. The first-order valence-corrected chi connectivity index (χ1v) is 7.37. The molecule has 3 unspecified atom stereocenters. The summed E-state index contributed by atoms with van der Waals surface area (Å²) in [5.41, 5.74) is 5.90. The monoisotopic (exact) mass is 253 g/mol. The van der Waals surface area contributed by atoms with Gasteiger partial charge in [-0.05, 0) is 44.2 Å². The van der Waals surface area contributed by atoms with Crippen LogP contribution in [0, 0.1) is 18.3 Å². The second-order valence-corrected chi connectivity index (χ2v) is 6.75. The molecule has 3 atom stereocenters. The Morgan fingerprint density at radius 2 is 2.35 bits per heavy atom. The van der Waals surface area contributed by atoms with Gasteiger partial charge in [0.2, 0.25) is 0 Å². The number of hydrogen-bond donors (Lipinski definition) is 2. The molecule has 96 valence electrons. The zero-order chi connectivity index (χ0) is 12.5. The molecule has 1 fully saturated rings. The van der Waals surface area contributed by atoms with Crippen LogP contribution in [0.4, 0.5) is 0 Å². The van der Waals surface area contributed by atoms with E-state index in [9.17, 15) is 5.11 Å². The highest BCUT2D eigenvalue weighted by Gasteiger charge is 2.44. The van der Waals surface area contributed by atoms with Gasteiger partial charge < -0.3 is 10.8 Å². The number of aliphatic hydroxyl groups excluding tert-OH is 1. The standard InChI is InChI=1S/C14H23NOS/c1-3-11-6-7-14(8-11,9-15)13(16)12-5-4-10(2)17-12/h4-5,11,13,16H,3,6-9,15H2,1-2H3. The molecule has 1 aromatic rings. The zero-order valence-electron chi connectivity index (χ0n) is 10.8. The molecule has 0 amide bonds. The summed E-state index contributed by atoms with van der Waals surface area (Å²) in [6.45, 7) is 4.92. The van der Waals surface area contributed by atoms with E-state index in [1.54, 1.807) is 11.3 Å². The van der Waals surface area contributed by atoms with Crippen molar-refractivity contribution in [2.45, 2.75) is 45.6 Å².